The van der Waals surface area contributed by atoms with Crippen LogP contribution in [-0.2, 0) is 12.8 Å². The van der Waals surface area contributed by atoms with Gasteiger partial charge < -0.3 is 10.6 Å². The predicted molar refractivity (Wildman–Crippen MR) is 159 cm³/mol. The molecule has 0 amide bonds. The molecular weight excluding hydrogens is 511 g/mol. The van der Waals surface area contributed by atoms with Gasteiger partial charge in [0.05, 0.1) is 15.7 Å². The van der Waals surface area contributed by atoms with Crippen molar-refractivity contribution < 1.29 is 0 Å². The molecule has 9 heteroatoms. The first-order chi connectivity index (χ1) is 18.7. The number of nitrogens with one attached hydrogen (secondary N) is 2. The summed E-state index contributed by atoms with van der Waals surface area (Å²) in [5, 5.41) is 8.80. The molecule has 4 heterocycles. The molecule has 192 valence electrons. The quantitative estimate of drug-likeness (QED) is 0.222. The molecule has 7 nitrogen and oxygen atoms in total. The number of aryl methyl sites for hydroxylation is 2. The van der Waals surface area contributed by atoms with E-state index in [1.165, 1.54) is 22.3 Å². The molecule has 0 aliphatic rings. The number of anilines is 2. The molecule has 2 aromatic carbocycles. The zero-order valence-electron chi connectivity index (χ0n) is 21.4. The highest BCUT2D eigenvalue weighted by Gasteiger charge is 2.06. The average molecular weight is 540 g/mol. The van der Waals surface area contributed by atoms with Crippen molar-refractivity contribution in [2.24, 2.45) is 0 Å². The maximum Gasteiger partial charge on any atom is 0.175 e. The summed E-state index contributed by atoms with van der Waals surface area (Å²) in [6.45, 7) is 5.94. The highest BCUT2D eigenvalue weighted by Crippen LogP contribution is 2.25. The first-order valence-electron chi connectivity index (χ1n) is 12.5. The van der Waals surface area contributed by atoms with Gasteiger partial charge in [-0.25, -0.2) is 24.9 Å². The van der Waals surface area contributed by atoms with Crippen LogP contribution in [0, 0.1) is 13.8 Å². The SMILES string of the molecule is Cc1ccc(CCNc2ncnc3ccsc23)cc1.Cc1ccc(CCNc2ncnc3ncsc23)cc1. The molecule has 38 heavy (non-hydrogen) atoms. The van der Waals surface area contributed by atoms with Gasteiger partial charge in [-0.05, 0) is 49.3 Å². The molecule has 0 fully saturated rings. The minimum atomic E-state index is 0.762. The third kappa shape index (κ3) is 6.67. The summed E-state index contributed by atoms with van der Waals surface area (Å²) in [7, 11) is 0. The minimum absolute atomic E-state index is 0.762. The fourth-order valence-electron chi connectivity index (χ4n) is 3.89. The first kappa shape index (κ1) is 25.7. The van der Waals surface area contributed by atoms with E-state index in [4.69, 9.17) is 0 Å². The Morgan fingerprint density at radius 2 is 1.18 bits per heavy atom. The van der Waals surface area contributed by atoms with Gasteiger partial charge in [0.1, 0.15) is 29.0 Å². The fourth-order valence-corrected chi connectivity index (χ4v) is 5.41. The van der Waals surface area contributed by atoms with Crippen LogP contribution in [0.1, 0.15) is 22.3 Å². The largest absolute Gasteiger partial charge is 0.368 e. The summed E-state index contributed by atoms with van der Waals surface area (Å²) in [5.74, 6) is 1.81. The van der Waals surface area contributed by atoms with Crippen molar-refractivity contribution in [1.82, 2.24) is 24.9 Å². The summed E-state index contributed by atoms with van der Waals surface area (Å²) in [6, 6.07) is 19.3. The Labute approximate surface area is 230 Å². The van der Waals surface area contributed by atoms with E-state index in [1.54, 1.807) is 40.8 Å². The van der Waals surface area contributed by atoms with Gasteiger partial charge in [-0.15, -0.1) is 22.7 Å². The number of nitrogens with zero attached hydrogens (tertiary/aromatic N) is 5. The first-order valence-corrected chi connectivity index (χ1v) is 14.2. The average Bonchev–Trinajstić information content (AvgIpc) is 3.62. The number of rotatable bonds is 8. The van der Waals surface area contributed by atoms with Crippen LogP contribution in [-0.4, -0.2) is 38.0 Å². The van der Waals surface area contributed by atoms with Crippen LogP contribution < -0.4 is 10.6 Å². The molecule has 0 saturated heterocycles. The standard InChI is InChI=1S/C15H15N3S.C14H14N4S/c1-11-2-4-12(5-3-11)6-8-16-15-14-13(7-9-19-14)17-10-18-15;1-10-2-4-11(5-3-10)6-7-15-13-12-14(17-8-16-13)18-9-19-12/h2-5,7,9-10H,6,8H2,1H3,(H,16,17,18);2-5,8-9H,6-7H2,1H3,(H,15,16,17). The molecule has 0 unspecified atom stereocenters. The topological polar surface area (TPSA) is 88.5 Å². The second kappa shape index (κ2) is 12.5. The van der Waals surface area contributed by atoms with E-state index >= 15 is 0 Å². The van der Waals surface area contributed by atoms with Crippen molar-refractivity contribution in [3.05, 3.63) is 100 Å². The van der Waals surface area contributed by atoms with E-state index in [9.17, 15) is 0 Å². The van der Waals surface area contributed by atoms with Crippen molar-refractivity contribution in [1.29, 1.82) is 0 Å². The molecular formula is C29H29N7S2. The van der Waals surface area contributed by atoms with Crippen LogP contribution in [0.5, 0.6) is 0 Å². The Kier molecular flexibility index (Phi) is 8.47. The number of aromatic nitrogens is 5. The summed E-state index contributed by atoms with van der Waals surface area (Å²) in [4.78, 5) is 21.1. The van der Waals surface area contributed by atoms with E-state index in [1.807, 2.05) is 11.4 Å². The number of benzene rings is 2. The maximum absolute atomic E-state index is 4.31. The summed E-state index contributed by atoms with van der Waals surface area (Å²) >= 11 is 3.24. The Balaban J connectivity index is 0.000000155. The third-order valence-electron chi connectivity index (χ3n) is 6.03. The second-order valence-corrected chi connectivity index (χ2v) is 10.7. The summed E-state index contributed by atoms with van der Waals surface area (Å²) in [5.41, 5.74) is 8.83. The molecule has 0 aliphatic carbocycles. The Morgan fingerprint density at radius 1 is 0.605 bits per heavy atom. The van der Waals surface area contributed by atoms with E-state index < -0.39 is 0 Å². The third-order valence-corrected chi connectivity index (χ3v) is 7.76. The van der Waals surface area contributed by atoms with E-state index in [0.29, 0.717) is 0 Å². The van der Waals surface area contributed by atoms with Gasteiger partial charge in [0, 0.05) is 13.1 Å². The van der Waals surface area contributed by atoms with Gasteiger partial charge in [0.25, 0.3) is 0 Å². The lowest BCUT2D eigenvalue weighted by atomic mass is 10.1. The highest BCUT2D eigenvalue weighted by atomic mass is 32.1. The zero-order valence-corrected chi connectivity index (χ0v) is 23.0. The van der Waals surface area contributed by atoms with Crippen LogP contribution in [0.25, 0.3) is 20.6 Å². The molecule has 0 atom stereocenters. The lowest BCUT2D eigenvalue weighted by molar-refractivity contribution is 1.00. The molecule has 6 aromatic rings. The molecule has 6 rings (SSSR count). The molecule has 0 radical (unpaired) electrons. The number of hydrogen-bond acceptors (Lipinski definition) is 9. The van der Waals surface area contributed by atoms with Gasteiger partial charge >= 0.3 is 0 Å². The monoisotopic (exact) mass is 539 g/mol. The summed E-state index contributed by atoms with van der Waals surface area (Å²) < 4.78 is 2.15. The van der Waals surface area contributed by atoms with Gasteiger partial charge in [0.15, 0.2) is 5.65 Å². The lowest BCUT2D eigenvalue weighted by Gasteiger charge is -2.06. The maximum atomic E-state index is 4.31. The fraction of sp³-hybridized carbons (Fsp3) is 0.207. The van der Waals surface area contributed by atoms with Crippen LogP contribution in [0.15, 0.2) is 78.1 Å². The normalized spacial score (nSPS) is 10.8. The highest BCUT2D eigenvalue weighted by molar-refractivity contribution is 7.17. The van der Waals surface area contributed by atoms with Gasteiger partial charge in [-0.3, -0.25) is 0 Å². The number of fused-ring (bicyclic) bond motifs is 2. The van der Waals surface area contributed by atoms with Crippen molar-refractivity contribution in [3.8, 4) is 0 Å². The van der Waals surface area contributed by atoms with Crippen molar-refractivity contribution >= 4 is 54.9 Å². The van der Waals surface area contributed by atoms with E-state index in [0.717, 1.165) is 58.1 Å². The van der Waals surface area contributed by atoms with Crippen LogP contribution in [0.3, 0.4) is 0 Å². The molecule has 0 aliphatic heterocycles. The van der Waals surface area contributed by atoms with E-state index in [-0.39, 0.29) is 0 Å². The van der Waals surface area contributed by atoms with Crippen molar-refractivity contribution in [2.45, 2.75) is 26.7 Å². The molecule has 4 aromatic heterocycles. The number of thiophene rings is 1. The number of thiazole rings is 1. The van der Waals surface area contributed by atoms with Crippen molar-refractivity contribution in [2.75, 3.05) is 23.7 Å². The van der Waals surface area contributed by atoms with Gasteiger partial charge in [-0.1, -0.05) is 59.7 Å². The predicted octanol–water partition coefficient (Wildman–Crippen LogP) is 6.70. The van der Waals surface area contributed by atoms with Crippen LogP contribution in [0.2, 0.25) is 0 Å². The minimum Gasteiger partial charge on any atom is -0.368 e. The molecule has 0 saturated carbocycles. The molecule has 0 spiro atoms. The van der Waals surface area contributed by atoms with Gasteiger partial charge in [-0.2, -0.15) is 0 Å². The van der Waals surface area contributed by atoms with E-state index in [2.05, 4.69) is 97.9 Å². The smallest absolute Gasteiger partial charge is 0.175 e. The Morgan fingerprint density at radius 3 is 1.82 bits per heavy atom. The Bertz CT molecular complexity index is 1470. The summed E-state index contributed by atoms with van der Waals surface area (Å²) in [6.07, 6.45) is 5.14. The second-order valence-electron chi connectivity index (χ2n) is 8.91. The Hall–Kier alpha value is -3.95. The number of hydrogen-bond donors (Lipinski definition) is 2. The van der Waals surface area contributed by atoms with Crippen molar-refractivity contribution in [3.63, 3.8) is 0 Å². The van der Waals surface area contributed by atoms with Crippen LogP contribution >= 0.6 is 22.7 Å². The van der Waals surface area contributed by atoms with Gasteiger partial charge in [0.2, 0.25) is 0 Å². The van der Waals surface area contributed by atoms with Crippen LogP contribution in [0.4, 0.5) is 11.6 Å². The zero-order chi connectivity index (χ0) is 26.2. The molecule has 0 bridgehead atoms. The lowest BCUT2D eigenvalue weighted by Crippen LogP contribution is -2.06. The molecule has 2 N–H and O–H groups in total.